The number of hydrogen-bond acceptors (Lipinski definition) is 4. The fourth-order valence-corrected chi connectivity index (χ4v) is 3.11. The Kier molecular flexibility index (Phi) is 4.17. The van der Waals surface area contributed by atoms with Gasteiger partial charge in [-0.2, -0.15) is 0 Å². The van der Waals surface area contributed by atoms with E-state index in [9.17, 15) is 13.2 Å². The van der Waals surface area contributed by atoms with Gasteiger partial charge in [-0.25, -0.2) is 8.42 Å². The second kappa shape index (κ2) is 5.70. The second-order valence-electron chi connectivity index (χ2n) is 4.71. The lowest BCUT2D eigenvalue weighted by atomic mass is 10.1. The monoisotopic (exact) mass is 298 g/mol. The molecule has 2 rings (SSSR count). The minimum Gasteiger partial charge on any atom is -0.491 e. The van der Waals surface area contributed by atoms with Crippen molar-refractivity contribution in [2.75, 3.05) is 30.7 Å². The fraction of sp³-hybridized carbons (Fsp3) is 0.462. The summed E-state index contributed by atoms with van der Waals surface area (Å²) < 4.78 is 31.4. The van der Waals surface area contributed by atoms with E-state index in [4.69, 9.17) is 4.74 Å². The zero-order chi connectivity index (χ0) is 14.8. The molecule has 1 N–H and O–H groups in total. The van der Waals surface area contributed by atoms with Crippen LogP contribution in [0.25, 0.3) is 0 Å². The summed E-state index contributed by atoms with van der Waals surface area (Å²) in [5, 5.41) is 0. The highest BCUT2D eigenvalue weighted by atomic mass is 32.2. The van der Waals surface area contributed by atoms with Crippen LogP contribution in [0.3, 0.4) is 0 Å². The lowest BCUT2D eigenvalue weighted by molar-refractivity contribution is 0.0797. The molecular weight excluding hydrogens is 280 g/mol. The van der Waals surface area contributed by atoms with Crippen molar-refractivity contribution in [2.45, 2.75) is 13.3 Å². The maximum absolute atomic E-state index is 12.1. The molecule has 20 heavy (non-hydrogen) atoms. The molecule has 7 heteroatoms. The summed E-state index contributed by atoms with van der Waals surface area (Å²) in [4.78, 5) is 13.7. The molecule has 1 aliphatic rings. The van der Waals surface area contributed by atoms with Crippen LogP contribution in [-0.2, 0) is 10.0 Å². The standard InChI is InChI=1S/C13H18N2O4S/c1-3-8-20(17,18)14-10-4-5-12-11(9-10)13(16)15(2)6-7-19-12/h4-5,9,14H,3,6-8H2,1-2H3. The average Bonchev–Trinajstić information content (AvgIpc) is 2.50. The number of likely N-dealkylation sites (N-methyl/N-ethyl adjacent to an activating group) is 1. The van der Waals surface area contributed by atoms with Gasteiger partial charge in [0.2, 0.25) is 10.0 Å². The zero-order valence-electron chi connectivity index (χ0n) is 11.5. The van der Waals surface area contributed by atoms with Crippen molar-refractivity contribution < 1.29 is 17.9 Å². The number of nitrogens with zero attached hydrogens (tertiary/aromatic N) is 1. The van der Waals surface area contributed by atoms with E-state index in [2.05, 4.69) is 4.72 Å². The van der Waals surface area contributed by atoms with Gasteiger partial charge in [-0.3, -0.25) is 9.52 Å². The fourth-order valence-electron chi connectivity index (χ4n) is 1.99. The first kappa shape index (κ1) is 14.6. The van der Waals surface area contributed by atoms with E-state index in [0.29, 0.717) is 36.6 Å². The third-order valence-corrected chi connectivity index (χ3v) is 4.48. The van der Waals surface area contributed by atoms with Gasteiger partial charge in [-0.1, -0.05) is 6.92 Å². The Hall–Kier alpha value is -1.76. The summed E-state index contributed by atoms with van der Waals surface area (Å²) in [6, 6.07) is 4.74. The molecule has 1 aromatic carbocycles. The molecule has 6 nitrogen and oxygen atoms in total. The quantitative estimate of drug-likeness (QED) is 0.909. The summed E-state index contributed by atoms with van der Waals surface area (Å²) in [5.74, 6) is 0.362. The summed E-state index contributed by atoms with van der Waals surface area (Å²) >= 11 is 0. The van der Waals surface area contributed by atoms with Gasteiger partial charge in [0.25, 0.3) is 5.91 Å². The largest absolute Gasteiger partial charge is 0.491 e. The van der Waals surface area contributed by atoms with Crippen LogP contribution in [0.2, 0.25) is 0 Å². The minimum atomic E-state index is -3.37. The number of ether oxygens (including phenoxy) is 1. The van der Waals surface area contributed by atoms with E-state index in [-0.39, 0.29) is 11.7 Å². The molecule has 0 radical (unpaired) electrons. The van der Waals surface area contributed by atoms with Crippen LogP contribution in [0.4, 0.5) is 5.69 Å². The third kappa shape index (κ3) is 3.22. The number of carbonyl (C=O) groups excluding carboxylic acids is 1. The maximum atomic E-state index is 12.1. The number of amides is 1. The highest BCUT2D eigenvalue weighted by Gasteiger charge is 2.21. The number of hydrogen-bond donors (Lipinski definition) is 1. The van der Waals surface area contributed by atoms with Gasteiger partial charge in [-0.15, -0.1) is 0 Å². The first-order valence-electron chi connectivity index (χ1n) is 6.46. The first-order valence-corrected chi connectivity index (χ1v) is 8.11. The molecule has 0 aromatic heterocycles. The molecule has 0 unspecified atom stereocenters. The average molecular weight is 298 g/mol. The number of sulfonamides is 1. The minimum absolute atomic E-state index is 0.0500. The van der Waals surface area contributed by atoms with Crippen LogP contribution in [0.5, 0.6) is 5.75 Å². The van der Waals surface area contributed by atoms with Gasteiger partial charge in [-0.05, 0) is 24.6 Å². The Morgan fingerprint density at radius 2 is 2.15 bits per heavy atom. The van der Waals surface area contributed by atoms with Crippen molar-refractivity contribution in [1.29, 1.82) is 0 Å². The highest BCUT2D eigenvalue weighted by molar-refractivity contribution is 7.92. The van der Waals surface area contributed by atoms with E-state index >= 15 is 0 Å². The second-order valence-corrected chi connectivity index (χ2v) is 6.55. The van der Waals surface area contributed by atoms with Crippen molar-refractivity contribution in [3.05, 3.63) is 23.8 Å². The number of benzene rings is 1. The van der Waals surface area contributed by atoms with E-state index < -0.39 is 10.0 Å². The molecule has 0 spiro atoms. The Balaban J connectivity index is 2.31. The summed E-state index contributed by atoms with van der Waals surface area (Å²) in [5.41, 5.74) is 0.756. The van der Waals surface area contributed by atoms with Crippen LogP contribution >= 0.6 is 0 Å². The Bertz CT molecular complexity index is 613. The van der Waals surface area contributed by atoms with Gasteiger partial charge < -0.3 is 9.64 Å². The molecule has 110 valence electrons. The first-order chi connectivity index (χ1) is 9.43. The molecule has 0 fully saturated rings. The predicted octanol–water partition coefficient (Wildman–Crippen LogP) is 1.30. The van der Waals surface area contributed by atoms with Gasteiger partial charge >= 0.3 is 0 Å². The molecule has 0 saturated heterocycles. The van der Waals surface area contributed by atoms with Crippen LogP contribution in [0.1, 0.15) is 23.7 Å². The van der Waals surface area contributed by atoms with E-state index in [1.165, 1.54) is 6.07 Å². The summed E-state index contributed by atoms with van der Waals surface area (Å²) in [7, 11) is -1.68. The van der Waals surface area contributed by atoms with Gasteiger partial charge in [0, 0.05) is 12.7 Å². The van der Waals surface area contributed by atoms with Crippen molar-refractivity contribution in [2.24, 2.45) is 0 Å². The molecule has 1 amide bonds. The highest BCUT2D eigenvalue weighted by Crippen LogP contribution is 2.26. The van der Waals surface area contributed by atoms with Crippen LogP contribution in [0.15, 0.2) is 18.2 Å². The van der Waals surface area contributed by atoms with Crippen molar-refractivity contribution in [3.63, 3.8) is 0 Å². The van der Waals surface area contributed by atoms with Crippen LogP contribution in [0, 0.1) is 0 Å². The zero-order valence-corrected chi connectivity index (χ0v) is 12.4. The van der Waals surface area contributed by atoms with E-state index in [1.807, 2.05) is 0 Å². The van der Waals surface area contributed by atoms with Gasteiger partial charge in [0.05, 0.1) is 17.9 Å². The molecular formula is C13H18N2O4S. The lowest BCUT2D eigenvalue weighted by Crippen LogP contribution is -2.27. The Morgan fingerprint density at radius 1 is 1.40 bits per heavy atom. The van der Waals surface area contributed by atoms with Gasteiger partial charge in [0.15, 0.2) is 0 Å². The number of anilines is 1. The topological polar surface area (TPSA) is 75.7 Å². The summed E-state index contributed by atoms with van der Waals surface area (Å²) in [6.45, 7) is 2.73. The number of rotatable bonds is 4. The maximum Gasteiger partial charge on any atom is 0.257 e. The van der Waals surface area contributed by atoms with Crippen molar-refractivity contribution in [3.8, 4) is 5.75 Å². The molecule has 1 aromatic rings. The van der Waals surface area contributed by atoms with Crippen molar-refractivity contribution in [1.82, 2.24) is 4.90 Å². The molecule has 0 atom stereocenters. The number of fused-ring (bicyclic) bond motifs is 1. The van der Waals surface area contributed by atoms with Crippen LogP contribution < -0.4 is 9.46 Å². The molecule has 1 heterocycles. The summed E-state index contributed by atoms with van der Waals surface area (Å²) in [6.07, 6.45) is 0.533. The molecule has 0 bridgehead atoms. The number of carbonyl (C=O) groups is 1. The Morgan fingerprint density at radius 3 is 2.85 bits per heavy atom. The Labute approximate surface area is 118 Å². The van der Waals surface area contributed by atoms with Gasteiger partial charge in [0.1, 0.15) is 12.4 Å². The van der Waals surface area contributed by atoms with E-state index in [1.54, 1.807) is 31.0 Å². The van der Waals surface area contributed by atoms with Crippen molar-refractivity contribution >= 4 is 21.6 Å². The van der Waals surface area contributed by atoms with Crippen LogP contribution in [-0.4, -0.2) is 45.2 Å². The third-order valence-electron chi connectivity index (χ3n) is 2.99. The lowest BCUT2D eigenvalue weighted by Gasteiger charge is -2.13. The number of nitrogens with one attached hydrogen (secondary N) is 1. The molecule has 1 aliphatic heterocycles. The molecule has 0 saturated carbocycles. The van der Waals surface area contributed by atoms with E-state index in [0.717, 1.165) is 0 Å². The predicted molar refractivity (Wildman–Crippen MR) is 76.6 cm³/mol. The molecule has 0 aliphatic carbocycles. The normalized spacial score (nSPS) is 15.3. The smallest absolute Gasteiger partial charge is 0.257 e. The SMILES string of the molecule is CCCS(=O)(=O)Nc1ccc2c(c1)C(=O)N(C)CCO2.